The first-order valence-electron chi connectivity index (χ1n) is 7.72. The van der Waals surface area contributed by atoms with Crippen molar-refractivity contribution in [2.24, 2.45) is 5.92 Å². The molecule has 0 aliphatic rings. The van der Waals surface area contributed by atoms with Crippen LogP contribution in [-0.4, -0.2) is 15.0 Å². The second-order valence-corrected chi connectivity index (χ2v) is 8.50. The lowest BCUT2D eigenvalue weighted by atomic mass is 9.87. The van der Waals surface area contributed by atoms with Gasteiger partial charge in [-0.25, -0.2) is 13.1 Å². The maximum absolute atomic E-state index is 12.6. The van der Waals surface area contributed by atoms with Crippen LogP contribution in [0.5, 0.6) is 0 Å². The molecule has 1 aromatic rings. The van der Waals surface area contributed by atoms with E-state index in [2.05, 4.69) is 39.3 Å². The highest BCUT2D eigenvalue weighted by molar-refractivity contribution is 7.89. The molecule has 0 amide bonds. The van der Waals surface area contributed by atoms with Crippen LogP contribution in [0.2, 0.25) is 0 Å². The topological polar surface area (TPSA) is 46.2 Å². The maximum Gasteiger partial charge on any atom is 0.240 e. The van der Waals surface area contributed by atoms with Gasteiger partial charge in [0.05, 0.1) is 4.90 Å². The first-order valence-corrected chi connectivity index (χ1v) is 9.21. The molecule has 0 saturated carbocycles. The van der Waals surface area contributed by atoms with Gasteiger partial charge in [0.1, 0.15) is 0 Å². The summed E-state index contributed by atoms with van der Waals surface area (Å²) in [7, 11) is -3.44. The third kappa shape index (κ3) is 4.82. The molecule has 21 heavy (non-hydrogen) atoms. The number of nitrogens with one attached hydrogen (secondary N) is 1. The minimum absolute atomic E-state index is 0.0622. The van der Waals surface area contributed by atoms with E-state index in [1.807, 2.05) is 25.1 Å². The first kappa shape index (κ1) is 18.2. The summed E-state index contributed by atoms with van der Waals surface area (Å²) < 4.78 is 27.9. The molecule has 1 N–H and O–H groups in total. The van der Waals surface area contributed by atoms with E-state index in [9.17, 15) is 8.42 Å². The van der Waals surface area contributed by atoms with E-state index in [4.69, 9.17) is 0 Å². The fourth-order valence-corrected chi connectivity index (χ4v) is 3.62. The number of benzene rings is 1. The molecule has 0 aliphatic carbocycles. The van der Waals surface area contributed by atoms with E-state index in [1.165, 1.54) is 0 Å². The molecule has 0 atom stereocenters. The first-order chi connectivity index (χ1) is 9.61. The average molecular weight is 311 g/mol. The van der Waals surface area contributed by atoms with Crippen LogP contribution < -0.4 is 4.72 Å². The number of aryl methyl sites for hydroxylation is 1. The molecule has 0 fully saturated rings. The van der Waals surface area contributed by atoms with E-state index < -0.39 is 10.0 Å². The number of sulfonamides is 1. The molecule has 0 aliphatic heterocycles. The van der Waals surface area contributed by atoms with Crippen LogP contribution in [0.4, 0.5) is 0 Å². The Balaban J connectivity index is 3.08. The second kappa shape index (κ2) is 6.93. The van der Waals surface area contributed by atoms with Gasteiger partial charge < -0.3 is 0 Å². The Kier molecular flexibility index (Phi) is 6.00. The molecule has 0 heterocycles. The van der Waals surface area contributed by atoms with Gasteiger partial charge in [-0.1, -0.05) is 59.6 Å². The predicted octanol–water partition coefficient (Wildman–Crippen LogP) is 4.01. The van der Waals surface area contributed by atoms with Crippen molar-refractivity contribution in [3.63, 3.8) is 0 Å². The fraction of sp³-hybridized carbons (Fsp3) is 0.647. The van der Waals surface area contributed by atoms with Crippen molar-refractivity contribution in [3.8, 4) is 0 Å². The van der Waals surface area contributed by atoms with E-state index in [1.54, 1.807) is 0 Å². The van der Waals surface area contributed by atoms with E-state index in [0.29, 0.717) is 17.4 Å². The quantitative estimate of drug-likeness (QED) is 0.863. The van der Waals surface area contributed by atoms with Crippen molar-refractivity contribution in [1.29, 1.82) is 0 Å². The Hall–Kier alpha value is -0.870. The lowest BCUT2D eigenvalue weighted by molar-refractivity contribution is 0.478. The Morgan fingerprint density at radius 3 is 2.19 bits per heavy atom. The van der Waals surface area contributed by atoms with Gasteiger partial charge in [0, 0.05) is 6.54 Å². The molecule has 1 aromatic carbocycles. The Morgan fingerprint density at radius 1 is 1.14 bits per heavy atom. The summed E-state index contributed by atoms with van der Waals surface area (Å²) >= 11 is 0. The third-order valence-corrected chi connectivity index (χ3v) is 5.63. The van der Waals surface area contributed by atoms with Crippen LogP contribution >= 0.6 is 0 Å². The summed E-state index contributed by atoms with van der Waals surface area (Å²) in [5, 5.41) is 0. The molecule has 1 rings (SSSR count). The summed E-state index contributed by atoms with van der Waals surface area (Å²) in [5.41, 5.74) is 1.77. The molecule has 120 valence electrons. The van der Waals surface area contributed by atoms with Crippen molar-refractivity contribution in [2.75, 3.05) is 6.54 Å². The zero-order valence-electron chi connectivity index (χ0n) is 14.2. The summed E-state index contributed by atoms with van der Waals surface area (Å²) in [6.07, 6.45) is 1.97. The van der Waals surface area contributed by atoms with E-state index in [0.717, 1.165) is 24.0 Å². The van der Waals surface area contributed by atoms with Crippen LogP contribution in [-0.2, 0) is 15.4 Å². The standard InChI is InChI=1S/C17H29NO2S/c1-7-14(8-2)12-18-21(19,20)16-11-15(17(4,5)6)10-9-13(16)3/h9-11,14,18H,7-8,12H2,1-6H3. The summed E-state index contributed by atoms with van der Waals surface area (Å²) in [5.74, 6) is 0.394. The highest BCUT2D eigenvalue weighted by atomic mass is 32.2. The fourth-order valence-electron chi connectivity index (χ4n) is 2.24. The minimum Gasteiger partial charge on any atom is -0.211 e. The van der Waals surface area contributed by atoms with Crippen molar-refractivity contribution in [1.82, 2.24) is 4.72 Å². The second-order valence-electron chi connectivity index (χ2n) is 6.76. The molecule has 0 aromatic heterocycles. The van der Waals surface area contributed by atoms with Crippen molar-refractivity contribution >= 4 is 10.0 Å². The van der Waals surface area contributed by atoms with Gasteiger partial charge in [0.15, 0.2) is 0 Å². The monoisotopic (exact) mass is 311 g/mol. The average Bonchev–Trinajstić information content (AvgIpc) is 2.38. The van der Waals surface area contributed by atoms with E-state index >= 15 is 0 Å². The molecule has 0 spiro atoms. The van der Waals surface area contributed by atoms with Crippen LogP contribution in [0.3, 0.4) is 0 Å². The van der Waals surface area contributed by atoms with Gasteiger partial charge in [0.2, 0.25) is 10.0 Å². The molecule has 0 radical (unpaired) electrons. The Bertz CT molecular complexity index is 567. The van der Waals surface area contributed by atoms with Crippen molar-refractivity contribution in [3.05, 3.63) is 29.3 Å². The molecular weight excluding hydrogens is 282 g/mol. The number of hydrogen-bond acceptors (Lipinski definition) is 2. The molecule has 0 saturated heterocycles. The number of hydrogen-bond donors (Lipinski definition) is 1. The zero-order valence-corrected chi connectivity index (χ0v) is 15.0. The largest absolute Gasteiger partial charge is 0.240 e. The highest BCUT2D eigenvalue weighted by Gasteiger charge is 2.21. The summed E-state index contributed by atoms with van der Waals surface area (Å²) in [6.45, 7) is 12.8. The Morgan fingerprint density at radius 2 is 1.71 bits per heavy atom. The van der Waals surface area contributed by atoms with Crippen molar-refractivity contribution < 1.29 is 8.42 Å². The van der Waals surface area contributed by atoms with Crippen molar-refractivity contribution in [2.45, 2.75) is 64.7 Å². The van der Waals surface area contributed by atoms with E-state index in [-0.39, 0.29) is 5.41 Å². The zero-order chi connectivity index (χ0) is 16.3. The van der Waals surface area contributed by atoms with Gasteiger partial charge >= 0.3 is 0 Å². The van der Waals surface area contributed by atoms with Gasteiger partial charge in [-0.2, -0.15) is 0 Å². The minimum atomic E-state index is -3.44. The van der Waals surface area contributed by atoms with Crippen LogP contribution in [0, 0.1) is 12.8 Å². The molecule has 3 nitrogen and oxygen atoms in total. The lowest BCUT2D eigenvalue weighted by Gasteiger charge is -2.21. The molecular formula is C17H29NO2S. The lowest BCUT2D eigenvalue weighted by Crippen LogP contribution is -2.30. The SMILES string of the molecule is CCC(CC)CNS(=O)(=O)c1cc(C(C)(C)C)ccc1C. The van der Waals surface area contributed by atoms with Crippen LogP contribution in [0.1, 0.15) is 58.6 Å². The summed E-state index contributed by atoms with van der Waals surface area (Å²) in [6, 6.07) is 5.71. The van der Waals surface area contributed by atoms with Gasteiger partial charge in [-0.15, -0.1) is 0 Å². The summed E-state index contributed by atoms with van der Waals surface area (Å²) in [4.78, 5) is 0.404. The van der Waals surface area contributed by atoms with Gasteiger partial charge in [0.25, 0.3) is 0 Å². The smallest absolute Gasteiger partial charge is 0.211 e. The highest BCUT2D eigenvalue weighted by Crippen LogP contribution is 2.26. The van der Waals surface area contributed by atoms with Gasteiger partial charge in [-0.3, -0.25) is 0 Å². The molecule has 0 bridgehead atoms. The maximum atomic E-state index is 12.6. The van der Waals surface area contributed by atoms with Crippen LogP contribution in [0.25, 0.3) is 0 Å². The molecule has 0 unspecified atom stereocenters. The predicted molar refractivity (Wildman–Crippen MR) is 89.1 cm³/mol. The third-order valence-electron chi connectivity index (χ3n) is 4.06. The Labute approximate surface area is 130 Å². The normalized spacial score (nSPS) is 12.9. The molecule has 4 heteroatoms. The van der Waals surface area contributed by atoms with Crippen LogP contribution in [0.15, 0.2) is 23.1 Å². The van der Waals surface area contributed by atoms with Gasteiger partial charge in [-0.05, 0) is 35.4 Å². The number of rotatable bonds is 6.